The fourth-order valence-electron chi connectivity index (χ4n) is 1.51. The van der Waals surface area contributed by atoms with Crippen LogP contribution in [0.4, 0.5) is 0 Å². The van der Waals surface area contributed by atoms with E-state index in [2.05, 4.69) is 58.4 Å². The van der Waals surface area contributed by atoms with Gasteiger partial charge in [0.2, 0.25) is 0 Å². The van der Waals surface area contributed by atoms with Gasteiger partial charge in [-0.15, -0.1) is 0 Å². The lowest BCUT2D eigenvalue weighted by Crippen LogP contribution is -2.14. The summed E-state index contributed by atoms with van der Waals surface area (Å²) in [5.74, 6) is 1.30. The summed E-state index contributed by atoms with van der Waals surface area (Å²) >= 11 is 4.28. The third-order valence-electron chi connectivity index (χ3n) is 2.44. The predicted octanol–water partition coefficient (Wildman–Crippen LogP) is 3.91. The average molecular weight is 349 g/mol. The summed E-state index contributed by atoms with van der Waals surface area (Å²) in [6.45, 7) is 2.14. The molecule has 1 aromatic rings. The van der Waals surface area contributed by atoms with Gasteiger partial charge >= 0.3 is 0 Å². The summed E-state index contributed by atoms with van der Waals surface area (Å²) in [7, 11) is 0. The van der Waals surface area contributed by atoms with Crippen LogP contribution in [-0.2, 0) is 6.54 Å². The third-order valence-corrected chi connectivity index (χ3v) is 3.86. The molecule has 0 heterocycles. The molecule has 0 aliphatic rings. The molecule has 1 aromatic carbocycles. The Bertz CT molecular complexity index is 274. The van der Waals surface area contributed by atoms with Crippen LogP contribution < -0.4 is 5.32 Å². The minimum atomic E-state index is 0.999. The first-order chi connectivity index (χ1) is 7.83. The molecule has 0 saturated heterocycles. The van der Waals surface area contributed by atoms with Crippen molar-refractivity contribution in [1.82, 2.24) is 5.32 Å². The van der Waals surface area contributed by atoms with Gasteiger partial charge in [-0.1, -0.05) is 18.6 Å². The number of halogens is 1. The maximum absolute atomic E-state index is 3.49. The van der Waals surface area contributed by atoms with Crippen molar-refractivity contribution in [3.8, 4) is 0 Å². The topological polar surface area (TPSA) is 12.0 Å². The Morgan fingerprint density at radius 3 is 2.56 bits per heavy atom. The molecule has 16 heavy (non-hydrogen) atoms. The average Bonchev–Trinajstić information content (AvgIpc) is 2.30. The summed E-state index contributed by atoms with van der Waals surface area (Å²) in [6, 6.07) is 8.72. The van der Waals surface area contributed by atoms with Crippen molar-refractivity contribution in [2.75, 3.05) is 18.6 Å². The Labute approximate surface area is 117 Å². The first-order valence-electron chi connectivity index (χ1n) is 5.77. The molecule has 0 aliphatic heterocycles. The molecule has 0 atom stereocenters. The number of unbranched alkanes of at least 4 members (excludes halogenated alkanes) is 2. The Morgan fingerprint density at radius 2 is 1.88 bits per heavy atom. The van der Waals surface area contributed by atoms with E-state index in [0.717, 1.165) is 13.1 Å². The fourth-order valence-corrected chi connectivity index (χ4v) is 2.36. The van der Waals surface area contributed by atoms with Crippen molar-refractivity contribution in [3.63, 3.8) is 0 Å². The van der Waals surface area contributed by atoms with Crippen LogP contribution in [0.1, 0.15) is 24.8 Å². The van der Waals surface area contributed by atoms with E-state index in [9.17, 15) is 0 Å². The second-order valence-electron chi connectivity index (χ2n) is 3.86. The van der Waals surface area contributed by atoms with Crippen LogP contribution in [0.25, 0.3) is 0 Å². The van der Waals surface area contributed by atoms with Gasteiger partial charge < -0.3 is 5.32 Å². The Kier molecular flexibility index (Phi) is 8.33. The SMILES string of the molecule is CSCCCCCNCc1ccc(I)cc1. The van der Waals surface area contributed by atoms with E-state index in [1.165, 1.54) is 34.1 Å². The van der Waals surface area contributed by atoms with E-state index >= 15 is 0 Å². The van der Waals surface area contributed by atoms with Gasteiger partial charge in [-0.05, 0) is 71.7 Å². The molecule has 0 radical (unpaired) electrons. The molecule has 1 nitrogen and oxygen atoms in total. The lowest BCUT2D eigenvalue weighted by atomic mass is 10.2. The van der Waals surface area contributed by atoms with E-state index in [-0.39, 0.29) is 0 Å². The highest BCUT2D eigenvalue weighted by atomic mass is 127. The van der Waals surface area contributed by atoms with Crippen molar-refractivity contribution in [1.29, 1.82) is 0 Å². The van der Waals surface area contributed by atoms with Gasteiger partial charge in [0.15, 0.2) is 0 Å². The number of nitrogens with one attached hydrogen (secondary N) is 1. The smallest absolute Gasteiger partial charge is 0.0205 e. The molecule has 0 fully saturated rings. The zero-order valence-corrected chi connectivity index (χ0v) is 12.8. The van der Waals surface area contributed by atoms with Crippen LogP contribution >= 0.6 is 34.4 Å². The highest BCUT2D eigenvalue weighted by Gasteiger charge is 1.93. The molecular formula is C13H20INS. The molecule has 0 amide bonds. The van der Waals surface area contributed by atoms with Crippen LogP contribution in [0.3, 0.4) is 0 Å². The van der Waals surface area contributed by atoms with Gasteiger partial charge in [-0.3, -0.25) is 0 Å². The highest BCUT2D eigenvalue weighted by molar-refractivity contribution is 14.1. The molecule has 0 aromatic heterocycles. The second-order valence-corrected chi connectivity index (χ2v) is 6.09. The van der Waals surface area contributed by atoms with E-state index in [1.54, 1.807) is 0 Å². The molecule has 0 aliphatic carbocycles. The molecule has 3 heteroatoms. The van der Waals surface area contributed by atoms with E-state index in [0.29, 0.717) is 0 Å². The van der Waals surface area contributed by atoms with Crippen LogP contribution in [0, 0.1) is 3.57 Å². The van der Waals surface area contributed by atoms with Crippen molar-refractivity contribution in [2.45, 2.75) is 25.8 Å². The minimum Gasteiger partial charge on any atom is -0.313 e. The second kappa shape index (κ2) is 9.31. The Hall–Kier alpha value is 0.260. The van der Waals surface area contributed by atoms with E-state index in [4.69, 9.17) is 0 Å². The summed E-state index contributed by atoms with van der Waals surface area (Å²) in [4.78, 5) is 0. The summed E-state index contributed by atoms with van der Waals surface area (Å²) in [5, 5.41) is 3.49. The largest absolute Gasteiger partial charge is 0.313 e. The maximum Gasteiger partial charge on any atom is 0.0205 e. The minimum absolute atomic E-state index is 0.999. The summed E-state index contributed by atoms with van der Waals surface area (Å²) in [5.41, 5.74) is 1.38. The molecule has 1 rings (SSSR count). The lowest BCUT2D eigenvalue weighted by molar-refractivity contribution is 0.618. The number of rotatable bonds is 8. The van der Waals surface area contributed by atoms with Crippen molar-refractivity contribution < 1.29 is 0 Å². The number of thioether (sulfide) groups is 1. The molecule has 0 spiro atoms. The van der Waals surface area contributed by atoms with Crippen LogP contribution in [0.2, 0.25) is 0 Å². The maximum atomic E-state index is 3.49. The van der Waals surface area contributed by atoms with E-state index in [1.807, 2.05) is 11.8 Å². The first kappa shape index (κ1) is 14.3. The quantitative estimate of drug-likeness (QED) is 0.564. The molecular weight excluding hydrogens is 329 g/mol. The summed E-state index contributed by atoms with van der Waals surface area (Å²) < 4.78 is 1.30. The predicted molar refractivity (Wildman–Crippen MR) is 83.1 cm³/mol. The Balaban J connectivity index is 2.01. The van der Waals surface area contributed by atoms with Gasteiger partial charge in [0, 0.05) is 10.1 Å². The van der Waals surface area contributed by atoms with Crippen molar-refractivity contribution in [2.24, 2.45) is 0 Å². The number of benzene rings is 1. The number of hydrogen-bond acceptors (Lipinski definition) is 2. The summed E-state index contributed by atoms with van der Waals surface area (Å²) in [6.07, 6.45) is 6.17. The lowest BCUT2D eigenvalue weighted by Gasteiger charge is -2.04. The first-order valence-corrected chi connectivity index (χ1v) is 8.24. The highest BCUT2D eigenvalue weighted by Crippen LogP contribution is 2.06. The third kappa shape index (κ3) is 6.76. The zero-order valence-electron chi connectivity index (χ0n) is 9.84. The van der Waals surface area contributed by atoms with Crippen LogP contribution in [0.5, 0.6) is 0 Å². The van der Waals surface area contributed by atoms with Crippen molar-refractivity contribution in [3.05, 3.63) is 33.4 Å². The van der Waals surface area contributed by atoms with Gasteiger partial charge in [-0.2, -0.15) is 11.8 Å². The fraction of sp³-hybridized carbons (Fsp3) is 0.538. The van der Waals surface area contributed by atoms with Crippen LogP contribution in [-0.4, -0.2) is 18.6 Å². The molecule has 0 saturated carbocycles. The molecule has 0 bridgehead atoms. The normalized spacial score (nSPS) is 10.6. The monoisotopic (exact) mass is 349 g/mol. The van der Waals surface area contributed by atoms with E-state index < -0.39 is 0 Å². The van der Waals surface area contributed by atoms with Gasteiger partial charge in [0.25, 0.3) is 0 Å². The molecule has 90 valence electrons. The van der Waals surface area contributed by atoms with Gasteiger partial charge in [-0.25, -0.2) is 0 Å². The van der Waals surface area contributed by atoms with Gasteiger partial charge in [0.1, 0.15) is 0 Å². The zero-order chi connectivity index (χ0) is 11.6. The van der Waals surface area contributed by atoms with Crippen LogP contribution in [0.15, 0.2) is 24.3 Å². The standard InChI is InChI=1S/C13H20INS/c1-16-10-4-2-3-9-15-11-12-5-7-13(14)8-6-12/h5-8,15H,2-4,9-11H2,1H3. The van der Waals surface area contributed by atoms with Crippen molar-refractivity contribution >= 4 is 34.4 Å². The molecule has 1 N–H and O–H groups in total. The number of hydrogen-bond donors (Lipinski definition) is 1. The van der Waals surface area contributed by atoms with Gasteiger partial charge in [0.05, 0.1) is 0 Å². The molecule has 0 unspecified atom stereocenters. The Morgan fingerprint density at radius 1 is 1.12 bits per heavy atom.